The van der Waals surface area contributed by atoms with Crippen LogP contribution in [0.25, 0.3) is 43.8 Å². The third-order valence-corrected chi connectivity index (χ3v) is 9.07. The predicted molar refractivity (Wildman–Crippen MR) is 198 cm³/mol. The van der Waals surface area contributed by atoms with Gasteiger partial charge in [0.25, 0.3) is 0 Å². The molecule has 1 aliphatic rings. The Morgan fingerprint density at radius 3 is 1.98 bits per heavy atom. The van der Waals surface area contributed by atoms with Gasteiger partial charge in [-0.05, 0) is 41.4 Å². The molecular formula is C43H48SiZr-4. The second-order valence-corrected chi connectivity index (χ2v) is 12.4. The first-order chi connectivity index (χ1) is 21.0. The molecule has 2 heteroatoms. The van der Waals surface area contributed by atoms with Crippen LogP contribution < -0.4 is 0 Å². The molecule has 0 aliphatic heterocycles. The van der Waals surface area contributed by atoms with Crippen LogP contribution >= 0.6 is 0 Å². The summed E-state index contributed by atoms with van der Waals surface area (Å²) in [5.74, 6) is 1.37. The SMILES string of the molecule is CC(C)c1cc2c(-c3ccccc3)cccc2[cH-]1.Cc1cc2c(-c3ccc(C4CCCCC4)cc3)ccc(C)c2[cH-]1.[CH3-].[CH3-].[Si]=[Zr]. The first-order valence-electron chi connectivity index (χ1n) is 15.7. The summed E-state index contributed by atoms with van der Waals surface area (Å²) in [7, 11) is 0. The molecule has 0 amide bonds. The van der Waals surface area contributed by atoms with Crippen molar-refractivity contribution < 1.29 is 23.3 Å². The Kier molecular flexibility index (Phi) is 14.0. The van der Waals surface area contributed by atoms with Crippen molar-refractivity contribution in [2.24, 2.45) is 0 Å². The summed E-state index contributed by atoms with van der Waals surface area (Å²) in [6, 6.07) is 40.4. The fourth-order valence-electron chi connectivity index (χ4n) is 6.67. The molecule has 0 atom stereocenters. The molecule has 0 heterocycles. The molecule has 1 fully saturated rings. The van der Waals surface area contributed by atoms with Gasteiger partial charge >= 0.3 is 30.2 Å². The van der Waals surface area contributed by atoms with Crippen LogP contribution in [0.3, 0.4) is 0 Å². The quantitative estimate of drug-likeness (QED) is 0.128. The maximum atomic E-state index is 3.06. The predicted octanol–water partition coefficient (Wildman–Crippen LogP) is 12.8. The van der Waals surface area contributed by atoms with E-state index in [4.69, 9.17) is 0 Å². The Labute approximate surface area is 290 Å². The Bertz CT molecular complexity index is 1760. The molecule has 0 nitrogen and oxygen atoms in total. The molecule has 0 N–H and O–H groups in total. The first kappa shape index (κ1) is 36.7. The van der Waals surface area contributed by atoms with Gasteiger partial charge in [0.15, 0.2) is 0 Å². The number of rotatable bonds is 4. The second kappa shape index (κ2) is 17.2. The van der Waals surface area contributed by atoms with E-state index in [-0.39, 0.29) is 14.9 Å². The topological polar surface area (TPSA) is 0 Å². The summed E-state index contributed by atoms with van der Waals surface area (Å²) >= 11 is 1.36. The maximum absolute atomic E-state index is 3.06. The van der Waals surface area contributed by atoms with Crippen molar-refractivity contribution >= 4 is 28.4 Å². The van der Waals surface area contributed by atoms with Gasteiger partial charge in [-0.2, -0.15) is 12.1 Å². The molecule has 6 aromatic carbocycles. The number of hydrogen-bond donors (Lipinski definition) is 0. The van der Waals surface area contributed by atoms with Gasteiger partial charge < -0.3 is 14.9 Å². The van der Waals surface area contributed by atoms with Crippen LogP contribution in [0.15, 0.2) is 109 Å². The molecule has 1 saturated carbocycles. The number of fused-ring (bicyclic) bond motifs is 2. The third kappa shape index (κ3) is 8.52. The first-order valence-corrected chi connectivity index (χ1v) is 19.9. The zero-order chi connectivity index (χ0) is 30.3. The average Bonchev–Trinajstić information content (AvgIpc) is 3.68. The Morgan fingerprint density at radius 1 is 0.667 bits per heavy atom. The van der Waals surface area contributed by atoms with E-state index in [2.05, 4.69) is 144 Å². The molecule has 7 rings (SSSR count). The van der Waals surface area contributed by atoms with Crippen LogP contribution in [0.4, 0.5) is 0 Å². The molecule has 0 spiro atoms. The average molecular weight is 684 g/mol. The van der Waals surface area contributed by atoms with Crippen molar-refractivity contribution in [2.45, 2.75) is 71.6 Å². The van der Waals surface area contributed by atoms with Crippen molar-refractivity contribution in [1.29, 1.82) is 0 Å². The Morgan fingerprint density at radius 2 is 1.31 bits per heavy atom. The Hall–Kier alpha value is -2.80. The summed E-state index contributed by atoms with van der Waals surface area (Å²) in [6.45, 7) is 12.0. The van der Waals surface area contributed by atoms with E-state index in [0.717, 1.165) is 5.92 Å². The minimum atomic E-state index is 0. The summed E-state index contributed by atoms with van der Waals surface area (Å²) in [4.78, 5) is 0. The van der Waals surface area contributed by atoms with Crippen LogP contribution in [0.5, 0.6) is 0 Å². The van der Waals surface area contributed by atoms with E-state index >= 15 is 0 Å². The zero-order valence-electron chi connectivity index (χ0n) is 28.1. The van der Waals surface area contributed by atoms with Gasteiger partial charge in [-0.1, -0.05) is 125 Å². The molecule has 6 aromatic rings. The van der Waals surface area contributed by atoms with Crippen molar-refractivity contribution in [3.63, 3.8) is 0 Å². The van der Waals surface area contributed by atoms with Crippen molar-refractivity contribution in [2.75, 3.05) is 0 Å². The van der Waals surface area contributed by atoms with Crippen LogP contribution in [0, 0.1) is 28.7 Å². The van der Waals surface area contributed by atoms with E-state index in [1.165, 1.54) is 121 Å². The molecule has 0 bridgehead atoms. The second-order valence-electron chi connectivity index (χ2n) is 12.4. The summed E-state index contributed by atoms with van der Waals surface area (Å²) in [5, 5.41) is 5.51. The van der Waals surface area contributed by atoms with E-state index in [1.54, 1.807) is 0 Å². The summed E-state index contributed by atoms with van der Waals surface area (Å²) < 4.78 is 0. The fourth-order valence-corrected chi connectivity index (χ4v) is 6.67. The van der Waals surface area contributed by atoms with Gasteiger partial charge in [-0.25, -0.2) is 0 Å². The van der Waals surface area contributed by atoms with Gasteiger partial charge in [0.1, 0.15) is 0 Å². The van der Waals surface area contributed by atoms with Crippen molar-refractivity contribution in [3.05, 3.63) is 146 Å². The molecule has 0 aromatic heterocycles. The van der Waals surface area contributed by atoms with Crippen LogP contribution in [-0.4, -0.2) is 6.88 Å². The normalized spacial score (nSPS) is 12.8. The third-order valence-electron chi connectivity index (χ3n) is 9.07. The standard InChI is InChI=1S/C23H25.C18H17.2CH3.Si.Zr/c1-16-14-22-17(2)8-13-21(23(22)15-16)20-11-9-19(10-12-20)18-6-4-3-5-7-18;1-13(2)16-11-15-9-6-10-17(18(15)12-16)14-7-4-3-5-8-14;;;;/h8-15,18H,3-7H2,1-2H3;3-13H,1-2H3;2*1H3;;/q4*-1;;. The molecule has 232 valence electrons. The van der Waals surface area contributed by atoms with Gasteiger partial charge in [0.2, 0.25) is 0 Å². The monoisotopic (exact) mass is 682 g/mol. The van der Waals surface area contributed by atoms with Gasteiger partial charge in [0, 0.05) is 0 Å². The van der Waals surface area contributed by atoms with Gasteiger partial charge in [0.05, 0.1) is 0 Å². The fraction of sp³-hybridized carbons (Fsp3) is 0.256. The van der Waals surface area contributed by atoms with Gasteiger partial charge in [-0.15, -0.1) is 68.6 Å². The molecular weight excluding hydrogens is 636 g/mol. The minimum absolute atomic E-state index is 0. The number of aryl methyl sites for hydroxylation is 2. The Balaban J connectivity index is 0.000000229. The van der Waals surface area contributed by atoms with E-state index in [9.17, 15) is 0 Å². The molecule has 0 unspecified atom stereocenters. The van der Waals surface area contributed by atoms with Crippen LogP contribution in [0.2, 0.25) is 0 Å². The molecule has 1 aliphatic carbocycles. The molecule has 0 saturated heterocycles. The van der Waals surface area contributed by atoms with Crippen LogP contribution in [0.1, 0.15) is 80.0 Å². The van der Waals surface area contributed by atoms with Crippen molar-refractivity contribution in [3.8, 4) is 22.3 Å². The molecule has 45 heavy (non-hydrogen) atoms. The van der Waals surface area contributed by atoms with Crippen LogP contribution in [-0.2, 0) is 23.3 Å². The van der Waals surface area contributed by atoms with E-state index in [1.807, 2.05) is 0 Å². The summed E-state index contributed by atoms with van der Waals surface area (Å²) in [6.07, 6.45) is 6.97. The number of hydrogen-bond acceptors (Lipinski definition) is 0. The molecule has 2 radical (unpaired) electrons. The summed E-state index contributed by atoms with van der Waals surface area (Å²) in [5.41, 5.74) is 11.0. The van der Waals surface area contributed by atoms with Gasteiger partial charge in [-0.3, -0.25) is 0 Å². The number of benzene rings is 4. The van der Waals surface area contributed by atoms with E-state index in [0.29, 0.717) is 5.92 Å². The van der Waals surface area contributed by atoms with Crippen molar-refractivity contribution in [1.82, 2.24) is 0 Å². The van der Waals surface area contributed by atoms with E-state index < -0.39 is 0 Å². The zero-order valence-corrected chi connectivity index (χ0v) is 31.5.